The van der Waals surface area contributed by atoms with Crippen molar-refractivity contribution in [3.8, 4) is 0 Å². The van der Waals surface area contributed by atoms with E-state index in [2.05, 4.69) is 4.90 Å². The summed E-state index contributed by atoms with van der Waals surface area (Å²) >= 11 is 12.4. The third-order valence-electron chi connectivity index (χ3n) is 6.01. The number of hydrogen-bond donors (Lipinski definition) is 2. The van der Waals surface area contributed by atoms with Crippen molar-refractivity contribution in [2.24, 2.45) is 0 Å². The van der Waals surface area contributed by atoms with E-state index < -0.39 is 11.9 Å². The molecule has 37 heavy (non-hydrogen) atoms. The number of hydrogen-bond acceptors (Lipinski definition) is 5. The normalized spacial score (nSPS) is 13.6. The Kier molecular flexibility index (Phi) is 11.8. The highest BCUT2D eigenvalue weighted by Gasteiger charge is 2.25. The van der Waals surface area contributed by atoms with Gasteiger partial charge in [0.2, 0.25) is 5.91 Å². The highest BCUT2D eigenvalue weighted by atomic mass is 35.5. The summed E-state index contributed by atoms with van der Waals surface area (Å²) in [5, 5.41) is 16.4. The van der Waals surface area contributed by atoms with E-state index in [1.807, 2.05) is 7.05 Å². The van der Waals surface area contributed by atoms with Crippen LogP contribution in [0.4, 0.5) is 5.69 Å². The van der Waals surface area contributed by atoms with Crippen LogP contribution in [-0.2, 0) is 14.4 Å². The number of likely N-dealkylation sites (N-methyl/N-ethyl adjacent to an activating group) is 2. The highest BCUT2D eigenvalue weighted by Crippen LogP contribution is 2.29. The van der Waals surface area contributed by atoms with Gasteiger partial charge in [0.25, 0.3) is 0 Å². The van der Waals surface area contributed by atoms with Crippen molar-refractivity contribution in [2.75, 3.05) is 25.5 Å². The number of benzene rings is 2. The van der Waals surface area contributed by atoms with Gasteiger partial charge in [0, 0.05) is 41.4 Å². The number of anilines is 1. The van der Waals surface area contributed by atoms with Crippen molar-refractivity contribution >= 4 is 52.5 Å². The monoisotopic (exact) mass is 548 g/mol. The van der Waals surface area contributed by atoms with Crippen LogP contribution < -0.4 is 4.90 Å². The second-order valence-corrected chi connectivity index (χ2v) is 9.48. The molecule has 1 aliphatic carbocycles. The van der Waals surface area contributed by atoms with Gasteiger partial charge in [0.1, 0.15) is 0 Å². The Morgan fingerprint density at radius 2 is 1.49 bits per heavy atom. The first-order valence-electron chi connectivity index (χ1n) is 11.7. The average Bonchev–Trinajstić information content (AvgIpc) is 2.87. The molecule has 2 aromatic carbocycles. The van der Waals surface area contributed by atoms with Gasteiger partial charge in [-0.25, -0.2) is 9.59 Å². The molecule has 0 unspecified atom stereocenters. The van der Waals surface area contributed by atoms with Crippen molar-refractivity contribution in [1.82, 2.24) is 4.90 Å². The van der Waals surface area contributed by atoms with Crippen LogP contribution in [0.15, 0.2) is 54.6 Å². The molecule has 1 aliphatic rings. The number of rotatable bonds is 8. The quantitative estimate of drug-likeness (QED) is 0.345. The Morgan fingerprint density at radius 3 is 2.05 bits per heavy atom. The standard InChI is InChI=1S/C23H26Cl2N2O2.C4H4O4/c1-26(17-8-4-3-5-9-17)15-22(28)27(2)21-13-12-16(24)14-19(21)23(29)18-10-6-7-11-20(18)25;5-3(6)1-2-4(7)8/h6-7,10-14,17H,3-5,8-9,15H2,1-2H3;1-2H,(H,5,6)(H,7,8). The highest BCUT2D eigenvalue weighted by molar-refractivity contribution is 6.36. The van der Waals surface area contributed by atoms with Gasteiger partial charge in [-0.2, -0.15) is 0 Å². The number of carbonyl (C=O) groups excluding carboxylic acids is 2. The third-order valence-corrected chi connectivity index (χ3v) is 6.57. The van der Waals surface area contributed by atoms with Crippen LogP contribution >= 0.6 is 23.2 Å². The molecule has 0 radical (unpaired) electrons. The number of carboxylic acid groups (broad SMARTS) is 2. The summed E-state index contributed by atoms with van der Waals surface area (Å²) in [5.74, 6) is -2.83. The summed E-state index contributed by atoms with van der Waals surface area (Å²) in [4.78, 5) is 48.9. The molecule has 198 valence electrons. The summed E-state index contributed by atoms with van der Waals surface area (Å²) in [7, 11) is 3.70. The molecule has 1 fully saturated rings. The molecule has 1 amide bonds. The minimum Gasteiger partial charge on any atom is -0.478 e. The molecule has 0 heterocycles. The van der Waals surface area contributed by atoms with Crippen molar-refractivity contribution < 1.29 is 29.4 Å². The molecular formula is C27H30Cl2N2O6. The Balaban J connectivity index is 0.000000521. The van der Waals surface area contributed by atoms with E-state index in [9.17, 15) is 19.2 Å². The molecule has 3 rings (SSSR count). The van der Waals surface area contributed by atoms with Crippen molar-refractivity contribution in [3.05, 3.63) is 75.8 Å². The lowest BCUT2D eigenvalue weighted by molar-refractivity contribution is -0.134. The lowest BCUT2D eigenvalue weighted by Crippen LogP contribution is -2.42. The van der Waals surface area contributed by atoms with Gasteiger partial charge in [-0.15, -0.1) is 0 Å². The van der Waals surface area contributed by atoms with Crippen LogP contribution in [0.5, 0.6) is 0 Å². The van der Waals surface area contributed by atoms with Crippen LogP contribution in [0.1, 0.15) is 48.0 Å². The summed E-state index contributed by atoms with van der Waals surface area (Å²) in [6.07, 6.45) is 7.08. The van der Waals surface area contributed by atoms with E-state index in [4.69, 9.17) is 33.4 Å². The minimum absolute atomic E-state index is 0.0615. The number of carboxylic acids is 2. The first-order chi connectivity index (χ1) is 17.5. The molecule has 2 aromatic rings. The lowest BCUT2D eigenvalue weighted by Gasteiger charge is -2.32. The van der Waals surface area contributed by atoms with Crippen LogP contribution in [-0.4, -0.2) is 65.4 Å². The number of nitrogens with zero attached hydrogens (tertiary/aromatic N) is 2. The second-order valence-electron chi connectivity index (χ2n) is 8.64. The summed E-state index contributed by atoms with van der Waals surface area (Å²) in [6.45, 7) is 0.309. The zero-order valence-corrected chi connectivity index (χ0v) is 22.2. The molecule has 0 bridgehead atoms. The van der Waals surface area contributed by atoms with E-state index >= 15 is 0 Å². The van der Waals surface area contributed by atoms with Gasteiger partial charge >= 0.3 is 11.9 Å². The Hall–Kier alpha value is -3.20. The van der Waals surface area contributed by atoms with Gasteiger partial charge < -0.3 is 15.1 Å². The van der Waals surface area contributed by atoms with E-state index in [-0.39, 0.29) is 11.7 Å². The maximum atomic E-state index is 13.1. The van der Waals surface area contributed by atoms with Gasteiger partial charge in [-0.1, -0.05) is 54.6 Å². The largest absolute Gasteiger partial charge is 0.478 e. The fourth-order valence-electron chi connectivity index (χ4n) is 4.02. The molecule has 0 spiro atoms. The zero-order valence-electron chi connectivity index (χ0n) is 20.7. The van der Waals surface area contributed by atoms with Gasteiger partial charge in [-0.3, -0.25) is 14.5 Å². The Labute approximate surface area is 226 Å². The predicted octanol–water partition coefficient (Wildman–Crippen LogP) is 5.16. The van der Waals surface area contributed by atoms with Crippen molar-refractivity contribution in [3.63, 3.8) is 0 Å². The Bertz CT molecular complexity index is 1150. The summed E-state index contributed by atoms with van der Waals surface area (Å²) < 4.78 is 0. The number of amides is 1. The van der Waals surface area contributed by atoms with Gasteiger partial charge in [-0.05, 0) is 50.2 Å². The van der Waals surface area contributed by atoms with E-state index in [0.29, 0.717) is 51.6 Å². The van der Waals surface area contributed by atoms with Crippen molar-refractivity contribution in [2.45, 2.75) is 38.1 Å². The smallest absolute Gasteiger partial charge is 0.328 e. The average molecular weight is 549 g/mol. The van der Waals surface area contributed by atoms with Crippen LogP contribution in [0.25, 0.3) is 0 Å². The topological polar surface area (TPSA) is 115 Å². The molecular weight excluding hydrogens is 519 g/mol. The molecule has 0 aromatic heterocycles. The number of aliphatic carboxylic acids is 2. The zero-order chi connectivity index (χ0) is 27.5. The lowest BCUT2D eigenvalue weighted by atomic mass is 9.94. The molecule has 0 atom stereocenters. The SMILES string of the molecule is CN(C(=O)CN(C)C1CCCCC1)c1ccc(Cl)cc1C(=O)c1ccccc1Cl.O=C(O)C=CC(=O)O. The minimum atomic E-state index is -1.26. The first-order valence-corrected chi connectivity index (χ1v) is 12.5. The van der Waals surface area contributed by atoms with Gasteiger partial charge in [0.15, 0.2) is 5.78 Å². The summed E-state index contributed by atoms with van der Waals surface area (Å²) in [5.41, 5.74) is 1.28. The molecule has 0 saturated heterocycles. The van der Waals surface area contributed by atoms with Crippen molar-refractivity contribution in [1.29, 1.82) is 0 Å². The number of carbonyl (C=O) groups is 4. The molecule has 2 N–H and O–H groups in total. The number of halogens is 2. The fraction of sp³-hybridized carbons (Fsp3) is 0.333. The molecule has 10 heteroatoms. The number of ketones is 1. The van der Waals surface area contributed by atoms with Crippen LogP contribution in [0, 0.1) is 0 Å². The molecule has 1 saturated carbocycles. The molecule has 0 aliphatic heterocycles. The second kappa shape index (κ2) is 14.5. The third kappa shape index (κ3) is 9.31. The van der Waals surface area contributed by atoms with E-state index in [1.165, 1.54) is 19.3 Å². The van der Waals surface area contributed by atoms with Crippen LogP contribution in [0.3, 0.4) is 0 Å². The Morgan fingerprint density at radius 1 is 0.892 bits per heavy atom. The maximum Gasteiger partial charge on any atom is 0.328 e. The van der Waals surface area contributed by atoms with E-state index in [0.717, 1.165) is 12.8 Å². The fourth-order valence-corrected chi connectivity index (χ4v) is 4.41. The molecule has 8 nitrogen and oxygen atoms in total. The maximum absolute atomic E-state index is 13.1. The van der Waals surface area contributed by atoms with Gasteiger partial charge in [0.05, 0.1) is 17.3 Å². The van der Waals surface area contributed by atoms with Crippen LogP contribution in [0.2, 0.25) is 10.0 Å². The first kappa shape index (κ1) is 30.0. The predicted molar refractivity (Wildman–Crippen MR) is 144 cm³/mol. The summed E-state index contributed by atoms with van der Waals surface area (Å²) in [6, 6.07) is 12.3. The van der Waals surface area contributed by atoms with E-state index in [1.54, 1.807) is 54.4 Å².